The van der Waals surface area contributed by atoms with E-state index in [1.807, 2.05) is 0 Å². The Labute approximate surface area is 102 Å². The number of nitrogen functional groups attached to an aromatic ring is 1. The zero-order valence-electron chi connectivity index (χ0n) is 9.67. The highest BCUT2D eigenvalue weighted by Crippen LogP contribution is 2.26. The number of rotatable bonds is 2. The largest absolute Gasteiger partial charge is 0.405 e. The van der Waals surface area contributed by atoms with Gasteiger partial charge in [-0.05, 0) is 31.2 Å². The van der Waals surface area contributed by atoms with Crippen molar-refractivity contribution in [3.63, 3.8) is 0 Å². The maximum absolute atomic E-state index is 12.2. The quantitative estimate of drug-likeness (QED) is 0.811. The van der Waals surface area contributed by atoms with Crippen LogP contribution in [0.1, 0.15) is 5.69 Å². The molecule has 6 heteroatoms. The summed E-state index contributed by atoms with van der Waals surface area (Å²) in [6.07, 6.45) is -4.26. The molecule has 2 aromatic rings. The highest BCUT2D eigenvalue weighted by Gasteiger charge is 2.26. The number of halogens is 3. The third-order valence-corrected chi connectivity index (χ3v) is 2.44. The molecule has 3 N–H and O–H groups in total. The molecule has 0 atom stereocenters. The van der Waals surface area contributed by atoms with E-state index >= 15 is 0 Å². The Morgan fingerprint density at radius 3 is 2.67 bits per heavy atom. The molecule has 3 nitrogen and oxygen atoms in total. The smallest absolute Gasteiger partial charge is 0.399 e. The van der Waals surface area contributed by atoms with E-state index in [-0.39, 0.29) is 0 Å². The van der Waals surface area contributed by atoms with E-state index in [1.165, 1.54) is 0 Å². The molecule has 96 valence electrons. The number of nitrogens with two attached hydrogens (primary N) is 1. The predicted octanol–water partition coefficient (Wildman–Crippen LogP) is 3.10. The molecule has 0 fully saturated rings. The monoisotopic (exact) mass is 255 g/mol. The summed E-state index contributed by atoms with van der Waals surface area (Å²) in [5, 5.41) is 2.96. The highest BCUT2D eigenvalue weighted by atomic mass is 19.4. The summed E-state index contributed by atoms with van der Waals surface area (Å²) in [7, 11) is 0. The van der Waals surface area contributed by atoms with E-state index in [4.69, 9.17) is 5.73 Å². The standard InChI is InChI=1S/C12H12F3N3/c1-7-4-11(17-6-12(13,14)15)9-5-8(16)2-3-10(9)18-7/h2-5H,6,16H2,1H3,(H,17,18). The predicted molar refractivity (Wildman–Crippen MR) is 65.4 cm³/mol. The lowest BCUT2D eigenvalue weighted by Gasteiger charge is -2.13. The van der Waals surface area contributed by atoms with Gasteiger partial charge in [-0.2, -0.15) is 13.2 Å². The third kappa shape index (κ3) is 2.82. The van der Waals surface area contributed by atoms with Crippen LogP contribution in [0.15, 0.2) is 24.3 Å². The lowest BCUT2D eigenvalue weighted by Crippen LogP contribution is -2.21. The van der Waals surface area contributed by atoms with Crippen molar-refractivity contribution < 1.29 is 13.2 Å². The van der Waals surface area contributed by atoms with Gasteiger partial charge in [0.05, 0.1) is 5.52 Å². The maximum Gasteiger partial charge on any atom is 0.405 e. The van der Waals surface area contributed by atoms with Gasteiger partial charge in [0, 0.05) is 22.5 Å². The molecule has 0 saturated heterocycles. The molecule has 1 aromatic carbocycles. The fourth-order valence-electron chi connectivity index (χ4n) is 1.72. The molecule has 0 aliphatic heterocycles. The van der Waals surface area contributed by atoms with Crippen molar-refractivity contribution in [3.05, 3.63) is 30.0 Å². The van der Waals surface area contributed by atoms with Crippen LogP contribution in [0.3, 0.4) is 0 Å². The Morgan fingerprint density at radius 1 is 1.28 bits per heavy atom. The summed E-state index contributed by atoms with van der Waals surface area (Å²) in [5.41, 5.74) is 7.78. The normalized spacial score (nSPS) is 11.8. The van der Waals surface area contributed by atoms with E-state index < -0.39 is 12.7 Å². The first-order chi connectivity index (χ1) is 8.35. The SMILES string of the molecule is Cc1cc(NCC(F)(F)F)c2cc(N)ccc2n1. The summed E-state index contributed by atoms with van der Waals surface area (Å²) in [6, 6.07) is 6.55. The Hall–Kier alpha value is -1.98. The van der Waals surface area contributed by atoms with Crippen LogP contribution in [0.4, 0.5) is 24.5 Å². The summed E-state index contributed by atoms with van der Waals surface area (Å²) < 4.78 is 36.7. The minimum atomic E-state index is -4.26. The molecular formula is C12H12F3N3. The molecule has 0 amide bonds. The number of anilines is 2. The van der Waals surface area contributed by atoms with Gasteiger partial charge in [0.25, 0.3) is 0 Å². The van der Waals surface area contributed by atoms with Crippen molar-refractivity contribution in [1.82, 2.24) is 4.98 Å². The van der Waals surface area contributed by atoms with Gasteiger partial charge < -0.3 is 11.1 Å². The first-order valence-electron chi connectivity index (χ1n) is 5.33. The number of pyridine rings is 1. The lowest BCUT2D eigenvalue weighted by atomic mass is 10.1. The second-order valence-corrected chi connectivity index (χ2v) is 4.06. The van der Waals surface area contributed by atoms with Gasteiger partial charge in [-0.25, -0.2) is 0 Å². The van der Waals surface area contributed by atoms with Crippen molar-refractivity contribution in [2.45, 2.75) is 13.1 Å². The number of hydrogen-bond acceptors (Lipinski definition) is 3. The molecule has 0 aliphatic carbocycles. The van der Waals surface area contributed by atoms with Gasteiger partial charge >= 0.3 is 6.18 Å². The summed E-state index contributed by atoms with van der Waals surface area (Å²) in [6.45, 7) is 0.648. The highest BCUT2D eigenvalue weighted by molar-refractivity contribution is 5.93. The van der Waals surface area contributed by atoms with Crippen LogP contribution in [0.5, 0.6) is 0 Å². The number of aryl methyl sites for hydroxylation is 1. The van der Waals surface area contributed by atoms with E-state index in [0.717, 1.165) is 0 Å². The van der Waals surface area contributed by atoms with Gasteiger partial charge in [0.2, 0.25) is 0 Å². The fraction of sp³-hybridized carbons (Fsp3) is 0.250. The van der Waals surface area contributed by atoms with Crippen LogP contribution < -0.4 is 11.1 Å². The Morgan fingerprint density at radius 2 is 2.00 bits per heavy atom. The number of fused-ring (bicyclic) bond motifs is 1. The summed E-state index contributed by atoms with van der Waals surface area (Å²) >= 11 is 0. The molecule has 0 unspecified atom stereocenters. The number of benzene rings is 1. The number of aromatic nitrogens is 1. The van der Waals surface area contributed by atoms with Gasteiger partial charge in [0.15, 0.2) is 0 Å². The van der Waals surface area contributed by atoms with E-state index in [2.05, 4.69) is 10.3 Å². The summed E-state index contributed by atoms with van der Waals surface area (Å²) in [5.74, 6) is 0. The van der Waals surface area contributed by atoms with Crippen molar-refractivity contribution in [2.24, 2.45) is 0 Å². The summed E-state index contributed by atoms with van der Waals surface area (Å²) in [4.78, 5) is 4.25. The van der Waals surface area contributed by atoms with Gasteiger partial charge in [-0.15, -0.1) is 0 Å². The average molecular weight is 255 g/mol. The molecule has 0 saturated carbocycles. The van der Waals surface area contributed by atoms with Crippen LogP contribution in [0.2, 0.25) is 0 Å². The molecule has 18 heavy (non-hydrogen) atoms. The Balaban J connectivity index is 2.44. The maximum atomic E-state index is 12.2. The lowest BCUT2D eigenvalue weighted by molar-refractivity contribution is -0.115. The van der Waals surface area contributed by atoms with E-state index in [9.17, 15) is 13.2 Å². The zero-order valence-corrected chi connectivity index (χ0v) is 9.67. The molecule has 2 rings (SSSR count). The van der Waals surface area contributed by atoms with Gasteiger partial charge in [-0.1, -0.05) is 0 Å². The second-order valence-electron chi connectivity index (χ2n) is 4.06. The van der Waals surface area contributed by atoms with Crippen LogP contribution in [0.25, 0.3) is 10.9 Å². The first kappa shape index (κ1) is 12.5. The third-order valence-electron chi connectivity index (χ3n) is 2.44. The van der Waals surface area contributed by atoms with Crippen LogP contribution in [0, 0.1) is 6.92 Å². The van der Waals surface area contributed by atoms with Crippen molar-refractivity contribution in [1.29, 1.82) is 0 Å². The fourth-order valence-corrected chi connectivity index (χ4v) is 1.72. The topological polar surface area (TPSA) is 50.9 Å². The number of nitrogens with one attached hydrogen (secondary N) is 1. The van der Waals surface area contributed by atoms with Gasteiger partial charge in [0.1, 0.15) is 6.54 Å². The van der Waals surface area contributed by atoms with E-state index in [1.54, 1.807) is 31.2 Å². The second kappa shape index (κ2) is 4.36. The van der Waals surface area contributed by atoms with Crippen LogP contribution >= 0.6 is 0 Å². The number of hydrogen-bond donors (Lipinski definition) is 2. The minimum absolute atomic E-state index is 0.391. The Bertz CT molecular complexity index is 579. The Kier molecular flexibility index (Phi) is 3.02. The molecule has 1 aromatic heterocycles. The van der Waals surface area contributed by atoms with Crippen molar-refractivity contribution in [3.8, 4) is 0 Å². The molecule has 0 spiro atoms. The number of nitrogens with zero attached hydrogens (tertiary/aromatic N) is 1. The molecule has 0 aliphatic rings. The number of alkyl halides is 3. The van der Waals surface area contributed by atoms with Crippen molar-refractivity contribution >= 4 is 22.3 Å². The average Bonchev–Trinajstić information content (AvgIpc) is 2.25. The van der Waals surface area contributed by atoms with Gasteiger partial charge in [-0.3, -0.25) is 4.98 Å². The molecular weight excluding hydrogens is 243 g/mol. The molecule has 1 heterocycles. The zero-order chi connectivity index (χ0) is 13.3. The van der Waals surface area contributed by atoms with Crippen LogP contribution in [-0.4, -0.2) is 17.7 Å². The minimum Gasteiger partial charge on any atom is -0.399 e. The van der Waals surface area contributed by atoms with Crippen molar-refractivity contribution in [2.75, 3.05) is 17.6 Å². The molecule has 0 radical (unpaired) electrons. The van der Waals surface area contributed by atoms with E-state index in [0.29, 0.717) is 28.0 Å². The first-order valence-corrected chi connectivity index (χ1v) is 5.33. The van der Waals surface area contributed by atoms with Crippen LogP contribution in [-0.2, 0) is 0 Å². The molecule has 0 bridgehead atoms.